The Bertz CT molecular complexity index is 1640. The number of hydrogen-bond acceptors (Lipinski definition) is 7. The van der Waals surface area contributed by atoms with Crippen LogP contribution in [-0.4, -0.2) is 55.0 Å². The number of rotatable bonds is 10. The van der Waals surface area contributed by atoms with Gasteiger partial charge in [-0.15, -0.1) is 5.10 Å². The van der Waals surface area contributed by atoms with Crippen molar-refractivity contribution in [2.45, 2.75) is 19.4 Å². The molecular formula is C28H23ClFN7O5. The maximum Gasteiger partial charge on any atom is 0.335 e. The largest absolute Gasteiger partial charge is 0.478 e. The van der Waals surface area contributed by atoms with Gasteiger partial charge in [0.2, 0.25) is 17.7 Å². The van der Waals surface area contributed by atoms with E-state index in [9.17, 15) is 23.6 Å². The normalized spacial score (nSPS) is 11.6. The maximum absolute atomic E-state index is 14.9. The molecule has 0 aliphatic rings. The van der Waals surface area contributed by atoms with Crippen LogP contribution in [0.1, 0.15) is 28.4 Å². The van der Waals surface area contributed by atoms with E-state index in [2.05, 4.69) is 31.5 Å². The SMILES string of the molecule is CC(=O)Nc1ccc(CC(NC(=O)/C=C/c2c(-n3cnnn3)ccc(Cl)c2F)C(=O)Nc2ccc(C(=O)O)cc2)cc1. The van der Waals surface area contributed by atoms with Crippen LogP contribution in [0.25, 0.3) is 11.8 Å². The van der Waals surface area contributed by atoms with E-state index in [0.29, 0.717) is 16.9 Å². The zero-order valence-corrected chi connectivity index (χ0v) is 22.7. The van der Waals surface area contributed by atoms with Crippen LogP contribution in [0.4, 0.5) is 15.8 Å². The number of tetrazole rings is 1. The summed E-state index contributed by atoms with van der Waals surface area (Å²) >= 11 is 5.94. The van der Waals surface area contributed by atoms with Crippen LogP contribution in [0, 0.1) is 5.82 Å². The van der Waals surface area contributed by atoms with Gasteiger partial charge in [0.1, 0.15) is 12.4 Å². The lowest BCUT2D eigenvalue weighted by Crippen LogP contribution is -2.44. The van der Waals surface area contributed by atoms with Crippen LogP contribution in [0.3, 0.4) is 0 Å². The maximum atomic E-state index is 14.9. The summed E-state index contributed by atoms with van der Waals surface area (Å²) in [5, 5.41) is 27.7. The van der Waals surface area contributed by atoms with Crippen molar-refractivity contribution in [3.05, 3.63) is 101 Å². The average molecular weight is 592 g/mol. The minimum absolute atomic E-state index is 0.0385. The Morgan fingerprint density at radius 2 is 1.67 bits per heavy atom. The minimum Gasteiger partial charge on any atom is -0.478 e. The van der Waals surface area contributed by atoms with Gasteiger partial charge in [0, 0.05) is 36.4 Å². The molecule has 1 aromatic heterocycles. The molecule has 4 aromatic rings. The number of carbonyl (C=O) groups is 4. The van der Waals surface area contributed by atoms with Gasteiger partial charge < -0.3 is 21.1 Å². The van der Waals surface area contributed by atoms with Crippen LogP contribution >= 0.6 is 11.6 Å². The molecule has 3 amide bonds. The number of carbonyl (C=O) groups excluding carboxylic acids is 3. The van der Waals surface area contributed by atoms with Gasteiger partial charge in [0.25, 0.3) is 0 Å². The Balaban J connectivity index is 1.56. The molecule has 12 nitrogen and oxygen atoms in total. The van der Waals surface area contributed by atoms with Crippen molar-refractivity contribution in [2.24, 2.45) is 0 Å². The second kappa shape index (κ2) is 13.3. The Hall–Kier alpha value is -5.43. The summed E-state index contributed by atoms with van der Waals surface area (Å²) in [6.45, 7) is 1.38. The Kier molecular flexibility index (Phi) is 9.35. The third-order valence-electron chi connectivity index (χ3n) is 5.85. The van der Waals surface area contributed by atoms with Crippen LogP contribution in [0.15, 0.2) is 73.1 Å². The van der Waals surface area contributed by atoms with Crippen molar-refractivity contribution in [3.63, 3.8) is 0 Å². The standard InChI is InChI=1S/C28H23ClFN7O5/c1-16(38)32-19-6-2-17(3-7-19)14-23(27(40)33-20-8-4-18(5-9-20)28(41)42)34-25(39)13-10-21-24(37-15-31-35-36-37)12-11-22(29)26(21)30/h2-13,15,23H,14H2,1H3,(H,32,38)(H,33,40)(H,34,39)(H,41,42)/b13-10+. The van der Waals surface area contributed by atoms with Gasteiger partial charge in [-0.2, -0.15) is 4.68 Å². The number of hydrogen-bond donors (Lipinski definition) is 4. The fraction of sp³-hybridized carbons (Fsp3) is 0.107. The van der Waals surface area contributed by atoms with Gasteiger partial charge in [-0.3, -0.25) is 14.4 Å². The van der Waals surface area contributed by atoms with E-state index in [1.54, 1.807) is 24.3 Å². The molecule has 42 heavy (non-hydrogen) atoms. The lowest BCUT2D eigenvalue weighted by atomic mass is 10.0. The molecule has 1 atom stereocenters. The van der Waals surface area contributed by atoms with E-state index >= 15 is 0 Å². The first-order valence-electron chi connectivity index (χ1n) is 12.3. The van der Waals surface area contributed by atoms with Crippen molar-refractivity contribution < 1.29 is 28.7 Å². The highest BCUT2D eigenvalue weighted by Gasteiger charge is 2.22. The molecule has 0 aliphatic carbocycles. The lowest BCUT2D eigenvalue weighted by Gasteiger charge is -2.18. The second-order valence-corrected chi connectivity index (χ2v) is 9.30. The number of benzene rings is 3. The Labute approximate surface area is 243 Å². The number of amides is 3. The number of carboxylic acid groups (broad SMARTS) is 1. The van der Waals surface area contributed by atoms with Crippen molar-refractivity contribution in [1.82, 2.24) is 25.5 Å². The van der Waals surface area contributed by atoms with Crippen molar-refractivity contribution in [2.75, 3.05) is 10.6 Å². The van der Waals surface area contributed by atoms with Gasteiger partial charge in [0.05, 0.1) is 16.3 Å². The topological polar surface area (TPSA) is 168 Å². The summed E-state index contributed by atoms with van der Waals surface area (Å²) in [6, 6.07) is 13.9. The zero-order chi connectivity index (χ0) is 30.2. The van der Waals surface area contributed by atoms with Gasteiger partial charge in [-0.05, 0) is 70.6 Å². The predicted octanol–water partition coefficient (Wildman–Crippen LogP) is 3.49. The molecule has 214 valence electrons. The third kappa shape index (κ3) is 7.61. The minimum atomic E-state index is -1.12. The number of nitrogens with zero attached hydrogens (tertiary/aromatic N) is 4. The molecule has 0 fully saturated rings. The molecule has 3 aromatic carbocycles. The van der Waals surface area contributed by atoms with Crippen LogP contribution in [-0.2, 0) is 20.8 Å². The smallest absolute Gasteiger partial charge is 0.335 e. The first-order valence-corrected chi connectivity index (χ1v) is 12.7. The summed E-state index contributed by atoms with van der Waals surface area (Å²) < 4.78 is 16.1. The first kappa shape index (κ1) is 29.6. The highest BCUT2D eigenvalue weighted by atomic mass is 35.5. The number of carboxylic acids is 1. The van der Waals surface area contributed by atoms with E-state index in [1.165, 1.54) is 60.4 Å². The van der Waals surface area contributed by atoms with Gasteiger partial charge >= 0.3 is 5.97 Å². The van der Waals surface area contributed by atoms with E-state index in [-0.39, 0.29) is 34.2 Å². The van der Waals surface area contributed by atoms with Crippen molar-refractivity contribution in [1.29, 1.82) is 0 Å². The molecule has 0 saturated carbocycles. The molecule has 4 N–H and O–H groups in total. The molecule has 0 aliphatic heterocycles. The summed E-state index contributed by atoms with van der Waals surface area (Å²) in [5.41, 5.74) is 1.74. The number of aromatic carboxylic acids is 1. The highest BCUT2D eigenvalue weighted by molar-refractivity contribution is 6.31. The van der Waals surface area contributed by atoms with Crippen molar-refractivity contribution in [3.8, 4) is 5.69 Å². The predicted molar refractivity (Wildman–Crippen MR) is 152 cm³/mol. The number of nitrogens with one attached hydrogen (secondary N) is 3. The second-order valence-electron chi connectivity index (χ2n) is 8.90. The van der Waals surface area contributed by atoms with Crippen LogP contribution in [0.5, 0.6) is 0 Å². The van der Waals surface area contributed by atoms with Gasteiger partial charge in [0.15, 0.2) is 5.82 Å². The highest BCUT2D eigenvalue weighted by Crippen LogP contribution is 2.25. The average Bonchev–Trinajstić information content (AvgIpc) is 3.49. The Morgan fingerprint density at radius 1 is 1.00 bits per heavy atom. The molecule has 1 heterocycles. The van der Waals surface area contributed by atoms with E-state index in [0.717, 1.165) is 6.08 Å². The molecular weight excluding hydrogens is 569 g/mol. The van der Waals surface area contributed by atoms with Crippen LogP contribution in [0.2, 0.25) is 5.02 Å². The van der Waals surface area contributed by atoms with E-state index in [1.807, 2.05) is 0 Å². The number of anilines is 2. The molecule has 0 bridgehead atoms. The number of aromatic nitrogens is 4. The monoisotopic (exact) mass is 591 g/mol. The lowest BCUT2D eigenvalue weighted by molar-refractivity contribution is -0.123. The summed E-state index contributed by atoms with van der Waals surface area (Å²) in [5.74, 6) is -3.46. The number of halogens is 2. The molecule has 0 saturated heterocycles. The van der Waals surface area contributed by atoms with Crippen molar-refractivity contribution >= 4 is 52.7 Å². The molecule has 0 spiro atoms. The summed E-state index contributed by atoms with van der Waals surface area (Å²) in [6.07, 6.45) is 3.54. The van der Waals surface area contributed by atoms with Gasteiger partial charge in [-0.25, -0.2) is 9.18 Å². The third-order valence-corrected chi connectivity index (χ3v) is 6.15. The fourth-order valence-corrected chi connectivity index (χ4v) is 4.03. The molecule has 0 radical (unpaired) electrons. The molecule has 14 heteroatoms. The zero-order valence-electron chi connectivity index (χ0n) is 21.9. The quantitative estimate of drug-likeness (QED) is 0.203. The fourth-order valence-electron chi connectivity index (χ4n) is 3.86. The van der Waals surface area contributed by atoms with Gasteiger partial charge in [-0.1, -0.05) is 23.7 Å². The summed E-state index contributed by atoms with van der Waals surface area (Å²) in [4.78, 5) is 48.7. The molecule has 4 rings (SSSR count). The van der Waals surface area contributed by atoms with E-state index < -0.39 is 29.6 Å². The summed E-state index contributed by atoms with van der Waals surface area (Å²) in [7, 11) is 0. The van der Waals surface area contributed by atoms with Crippen LogP contribution < -0.4 is 16.0 Å². The van der Waals surface area contributed by atoms with E-state index in [4.69, 9.17) is 16.7 Å². The first-order chi connectivity index (χ1) is 20.1. The Morgan fingerprint density at radius 3 is 2.29 bits per heavy atom. The molecule has 1 unspecified atom stereocenters.